The van der Waals surface area contributed by atoms with E-state index in [1.165, 1.54) is 25.7 Å². The summed E-state index contributed by atoms with van der Waals surface area (Å²) in [5.74, 6) is 2.01. The Morgan fingerprint density at radius 2 is 2.12 bits per heavy atom. The number of rotatable bonds is 4. The van der Waals surface area contributed by atoms with Crippen molar-refractivity contribution in [3.8, 4) is 0 Å². The average molecular weight is 299 g/mol. The summed E-state index contributed by atoms with van der Waals surface area (Å²) in [5.41, 5.74) is 0.803. The molecule has 1 fully saturated rings. The number of thioether (sulfide) groups is 1. The SMILES string of the molecule is O=Cc1cc(Br)ccc1SCC1CCCC1. The van der Waals surface area contributed by atoms with Gasteiger partial charge in [-0.25, -0.2) is 0 Å². The van der Waals surface area contributed by atoms with Gasteiger partial charge in [0.05, 0.1) is 0 Å². The largest absolute Gasteiger partial charge is 0.298 e. The second-order valence-electron chi connectivity index (χ2n) is 4.26. The number of carbonyl (C=O) groups excluding carboxylic acids is 1. The molecule has 86 valence electrons. The van der Waals surface area contributed by atoms with Crippen molar-refractivity contribution >= 4 is 34.0 Å². The summed E-state index contributed by atoms with van der Waals surface area (Å²) < 4.78 is 0.972. The summed E-state index contributed by atoms with van der Waals surface area (Å²) in [5, 5.41) is 0. The van der Waals surface area contributed by atoms with Crippen LogP contribution < -0.4 is 0 Å². The first-order valence-corrected chi connectivity index (χ1v) is 7.45. The van der Waals surface area contributed by atoms with E-state index < -0.39 is 0 Å². The quantitative estimate of drug-likeness (QED) is 0.599. The summed E-state index contributed by atoms with van der Waals surface area (Å²) in [6.45, 7) is 0. The van der Waals surface area contributed by atoms with Crippen molar-refractivity contribution < 1.29 is 4.79 Å². The summed E-state index contributed by atoms with van der Waals surface area (Å²) in [6, 6.07) is 5.93. The van der Waals surface area contributed by atoms with Crippen LogP contribution in [0, 0.1) is 5.92 Å². The summed E-state index contributed by atoms with van der Waals surface area (Å²) in [7, 11) is 0. The molecule has 0 aliphatic heterocycles. The molecule has 1 nitrogen and oxygen atoms in total. The van der Waals surface area contributed by atoms with Crippen molar-refractivity contribution in [1.29, 1.82) is 0 Å². The van der Waals surface area contributed by atoms with Gasteiger partial charge in [-0.05, 0) is 37.0 Å². The molecular weight excluding hydrogens is 284 g/mol. The molecule has 0 bridgehead atoms. The smallest absolute Gasteiger partial charge is 0.151 e. The first-order chi connectivity index (χ1) is 7.79. The highest BCUT2D eigenvalue weighted by Crippen LogP contribution is 2.32. The summed E-state index contributed by atoms with van der Waals surface area (Å²) >= 11 is 5.21. The Labute approximate surface area is 109 Å². The summed E-state index contributed by atoms with van der Waals surface area (Å²) in [6.07, 6.45) is 6.43. The van der Waals surface area contributed by atoms with Crippen LogP contribution in [0.1, 0.15) is 36.0 Å². The molecule has 1 aliphatic carbocycles. The van der Waals surface area contributed by atoms with Crippen LogP contribution in [-0.4, -0.2) is 12.0 Å². The van der Waals surface area contributed by atoms with Crippen LogP contribution in [0.3, 0.4) is 0 Å². The van der Waals surface area contributed by atoms with Gasteiger partial charge in [0.25, 0.3) is 0 Å². The Balaban J connectivity index is 1.99. The zero-order valence-corrected chi connectivity index (χ0v) is 11.5. The molecule has 2 rings (SSSR count). The van der Waals surface area contributed by atoms with E-state index in [2.05, 4.69) is 15.9 Å². The maximum absolute atomic E-state index is 10.9. The number of aldehydes is 1. The predicted molar refractivity (Wildman–Crippen MR) is 72.2 cm³/mol. The lowest BCUT2D eigenvalue weighted by atomic mass is 10.1. The van der Waals surface area contributed by atoms with Gasteiger partial charge in [-0.2, -0.15) is 0 Å². The molecule has 1 aliphatic rings. The highest BCUT2D eigenvalue weighted by atomic mass is 79.9. The van der Waals surface area contributed by atoms with E-state index in [0.29, 0.717) is 0 Å². The molecule has 0 spiro atoms. The molecule has 0 unspecified atom stereocenters. The Hall–Kier alpha value is -0.280. The topological polar surface area (TPSA) is 17.1 Å². The van der Waals surface area contributed by atoms with E-state index in [0.717, 1.165) is 32.9 Å². The minimum atomic E-state index is 0.803. The molecule has 0 amide bonds. The van der Waals surface area contributed by atoms with E-state index in [1.807, 2.05) is 30.0 Å². The molecule has 0 saturated heterocycles. The summed E-state index contributed by atoms with van der Waals surface area (Å²) in [4.78, 5) is 12.1. The number of carbonyl (C=O) groups is 1. The maximum atomic E-state index is 10.9. The van der Waals surface area contributed by atoms with Crippen LogP contribution in [0.2, 0.25) is 0 Å². The van der Waals surface area contributed by atoms with Crippen LogP contribution >= 0.6 is 27.7 Å². The third-order valence-corrected chi connectivity index (χ3v) is 4.86. The highest BCUT2D eigenvalue weighted by molar-refractivity contribution is 9.10. The standard InChI is InChI=1S/C13H15BrOS/c14-12-5-6-13(11(7-12)8-15)16-9-10-3-1-2-4-10/h5-8,10H,1-4,9H2. The van der Waals surface area contributed by atoms with Crippen molar-refractivity contribution in [1.82, 2.24) is 0 Å². The van der Waals surface area contributed by atoms with Crippen molar-refractivity contribution in [3.63, 3.8) is 0 Å². The van der Waals surface area contributed by atoms with E-state index in [-0.39, 0.29) is 0 Å². The van der Waals surface area contributed by atoms with E-state index in [4.69, 9.17) is 0 Å². The van der Waals surface area contributed by atoms with E-state index in [1.54, 1.807) is 0 Å². The molecule has 0 N–H and O–H groups in total. The number of hydrogen-bond acceptors (Lipinski definition) is 2. The average Bonchev–Trinajstić information content (AvgIpc) is 2.80. The number of benzene rings is 1. The van der Waals surface area contributed by atoms with Gasteiger partial charge in [0.2, 0.25) is 0 Å². The molecule has 1 saturated carbocycles. The van der Waals surface area contributed by atoms with Crippen LogP contribution in [0.15, 0.2) is 27.6 Å². The number of halogens is 1. The van der Waals surface area contributed by atoms with Gasteiger partial charge in [-0.1, -0.05) is 28.8 Å². The van der Waals surface area contributed by atoms with Crippen LogP contribution in [-0.2, 0) is 0 Å². The van der Waals surface area contributed by atoms with Crippen molar-refractivity contribution in [2.75, 3.05) is 5.75 Å². The molecule has 3 heteroatoms. The molecule has 0 aromatic heterocycles. The first kappa shape index (κ1) is 12.2. The number of hydrogen-bond donors (Lipinski definition) is 0. The zero-order valence-electron chi connectivity index (χ0n) is 9.12. The van der Waals surface area contributed by atoms with Gasteiger partial charge in [-0.15, -0.1) is 11.8 Å². The van der Waals surface area contributed by atoms with Gasteiger partial charge in [0, 0.05) is 20.7 Å². The van der Waals surface area contributed by atoms with Gasteiger partial charge >= 0.3 is 0 Å². The maximum Gasteiger partial charge on any atom is 0.151 e. The lowest BCUT2D eigenvalue weighted by Crippen LogP contribution is -1.97. The van der Waals surface area contributed by atoms with Gasteiger partial charge in [-0.3, -0.25) is 4.79 Å². The minimum Gasteiger partial charge on any atom is -0.298 e. The Bertz CT molecular complexity index is 372. The highest BCUT2D eigenvalue weighted by Gasteiger charge is 2.15. The van der Waals surface area contributed by atoms with E-state index in [9.17, 15) is 4.79 Å². The van der Waals surface area contributed by atoms with Gasteiger partial charge in [0.1, 0.15) is 0 Å². The van der Waals surface area contributed by atoms with Crippen LogP contribution in [0.4, 0.5) is 0 Å². The second-order valence-corrected chi connectivity index (χ2v) is 6.24. The Morgan fingerprint density at radius 1 is 1.38 bits per heavy atom. The monoisotopic (exact) mass is 298 g/mol. The van der Waals surface area contributed by atoms with Gasteiger partial charge in [0.15, 0.2) is 6.29 Å². The predicted octanol–water partition coefficient (Wildman–Crippen LogP) is 4.54. The van der Waals surface area contributed by atoms with Crippen molar-refractivity contribution in [2.45, 2.75) is 30.6 Å². The van der Waals surface area contributed by atoms with Gasteiger partial charge < -0.3 is 0 Å². The molecule has 16 heavy (non-hydrogen) atoms. The minimum absolute atomic E-state index is 0.803. The fraction of sp³-hybridized carbons (Fsp3) is 0.462. The molecular formula is C13H15BrOS. The lowest BCUT2D eigenvalue weighted by molar-refractivity contribution is 0.112. The van der Waals surface area contributed by atoms with Crippen LogP contribution in [0.25, 0.3) is 0 Å². The molecule has 1 aromatic carbocycles. The fourth-order valence-electron chi connectivity index (χ4n) is 2.13. The first-order valence-electron chi connectivity index (χ1n) is 5.67. The van der Waals surface area contributed by atoms with Crippen molar-refractivity contribution in [3.05, 3.63) is 28.2 Å². The molecule has 0 heterocycles. The molecule has 0 radical (unpaired) electrons. The lowest BCUT2D eigenvalue weighted by Gasteiger charge is -2.09. The molecule has 1 aromatic rings. The second kappa shape index (κ2) is 5.87. The normalized spacial score (nSPS) is 16.6. The molecule has 0 atom stereocenters. The van der Waals surface area contributed by atoms with E-state index >= 15 is 0 Å². The van der Waals surface area contributed by atoms with Crippen LogP contribution in [0.5, 0.6) is 0 Å². The third-order valence-electron chi connectivity index (χ3n) is 3.05. The fourth-order valence-corrected chi connectivity index (χ4v) is 3.69. The zero-order chi connectivity index (χ0) is 11.4. The Morgan fingerprint density at radius 3 is 2.81 bits per heavy atom. The van der Waals surface area contributed by atoms with Crippen molar-refractivity contribution in [2.24, 2.45) is 5.92 Å². The third kappa shape index (κ3) is 3.11. The Kier molecular flexibility index (Phi) is 4.47.